The summed E-state index contributed by atoms with van der Waals surface area (Å²) in [6, 6.07) is 7.85. The Bertz CT molecular complexity index is 663. The van der Waals surface area contributed by atoms with E-state index in [0.717, 1.165) is 35.8 Å². The first-order valence-electron chi connectivity index (χ1n) is 7.93. The topological polar surface area (TPSA) is 59.5 Å². The van der Waals surface area contributed by atoms with E-state index in [9.17, 15) is 0 Å². The van der Waals surface area contributed by atoms with Crippen molar-refractivity contribution in [3.8, 4) is 11.5 Å². The van der Waals surface area contributed by atoms with Crippen LogP contribution in [0, 0.1) is 0 Å². The molecular weight excluding hydrogens is 292 g/mol. The van der Waals surface area contributed by atoms with E-state index in [4.69, 9.17) is 9.47 Å². The van der Waals surface area contributed by atoms with Crippen molar-refractivity contribution in [2.45, 2.75) is 26.3 Å². The fraction of sp³-hybridized carbons (Fsp3) is 0.412. The molecule has 2 aromatic rings. The minimum atomic E-state index is 0.293. The van der Waals surface area contributed by atoms with Crippen LogP contribution >= 0.6 is 0 Å². The maximum atomic E-state index is 5.39. The normalized spacial score (nSPS) is 12.3. The van der Waals surface area contributed by atoms with Gasteiger partial charge >= 0.3 is 0 Å². The molecule has 1 N–H and O–H groups in total. The van der Waals surface area contributed by atoms with E-state index in [1.54, 1.807) is 6.20 Å². The lowest BCUT2D eigenvalue weighted by Gasteiger charge is -2.18. The molecular formula is C17H22N4O2. The van der Waals surface area contributed by atoms with Crippen molar-refractivity contribution in [2.75, 3.05) is 30.6 Å². The molecule has 1 aromatic carbocycles. The third kappa shape index (κ3) is 3.83. The molecule has 1 aliphatic rings. The van der Waals surface area contributed by atoms with Crippen molar-refractivity contribution >= 4 is 11.8 Å². The Morgan fingerprint density at radius 1 is 1.22 bits per heavy atom. The first kappa shape index (κ1) is 15.4. The maximum absolute atomic E-state index is 5.39. The minimum Gasteiger partial charge on any atom is -0.454 e. The van der Waals surface area contributed by atoms with E-state index in [1.807, 2.05) is 24.3 Å². The van der Waals surface area contributed by atoms with Crippen molar-refractivity contribution in [2.24, 2.45) is 0 Å². The van der Waals surface area contributed by atoms with Gasteiger partial charge in [0.15, 0.2) is 11.5 Å². The largest absolute Gasteiger partial charge is 0.454 e. The number of unbranched alkanes of at least 4 members (excludes halogenated alkanes) is 1. The van der Waals surface area contributed by atoms with Crippen molar-refractivity contribution in [1.29, 1.82) is 0 Å². The highest BCUT2D eigenvalue weighted by molar-refractivity contribution is 5.46. The Morgan fingerprint density at radius 3 is 2.96 bits per heavy atom. The molecule has 0 amide bonds. The van der Waals surface area contributed by atoms with Crippen molar-refractivity contribution in [1.82, 2.24) is 9.97 Å². The van der Waals surface area contributed by atoms with Crippen molar-refractivity contribution in [3.63, 3.8) is 0 Å². The van der Waals surface area contributed by atoms with Gasteiger partial charge in [-0.25, -0.2) is 4.98 Å². The van der Waals surface area contributed by atoms with Gasteiger partial charge in [-0.05, 0) is 30.2 Å². The molecule has 0 fully saturated rings. The number of nitrogens with zero attached hydrogens (tertiary/aromatic N) is 3. The number of hydrogen-bond acceptors (Lipinski definition) is 6. The highest BCUT2D eigenvalue weighted by Crippen LogP contribution is 2.32. The van der Waals surface area contributed by atoms with Gasteiger partial charge in [0, 0.05) is 26.3 Å². The second-order valence-electron chi connectivity index (χ2n) is 5.55. The third-order valence-electron chi connectivity index (χ3n) is 3.77. The molecule has 122 valence electrons. The van der Waals surface area contributed by atoms with Gasteiger partial charge in [0.2, 0.25) is 12.7 Å². The predicted octanol–water partition coefficient (Wildman–Crippen LogP) is 3.05. The fourth-order valence-corrected chi connectivity index (χ4v) is 2.39. The van der Waals surface area contributed by atoms with E-state index < -0.39 is 0 Å². The second-order valence-corrected chi connectivity index (χ2v) is 5.55. The zero-order valence-electron chi connectivity index (χ0n) is 13.6. The summed E-state index contributed by atoms with van der Waals surface area (Å²) in [5.74, 6) is 3.15. The average molecular weight is 314 g/mol. The van der Waals surface area contributed by atoms with Crippen LogP contribution in [0.15, 0.2) is 30.5 Å². The van der Waals surface area contributed by atoms with Crippen LogP contribution in [-0.2, 0) is 6.54 Å². The summed E-state index contributed by atoms with van der Waals surface area (Å²) in [5.41, 5.74) is 1.10. The van der Waals surface area contributed by atoms with Crippen LogP contribution in [0.4, 0.5) is 11.8 Å². The number of nitrogens with one attached hydrogen (secondary N) is 1. The van der Waals surface area contributed by atoms with Gasteiger partial charge < -0.3 is 19.7 Å². The van der Waals surface area contributed by atoms with E-state index in [-0.39, 0.29) is 0 Å². The SMILES string of the molecule is CCCCN(C)c1ccnc(NCc2ccc3c(c2)OCO3)n1. The van der Waals surface area contributed by atoms with Gasteiger partial charge in [-0.2, -0.15) is 4.98 Å². The molecule has 23 heavy (non-hydrogen) atoms. The zero-order chi connectivity index (χ0) is 16.1. The summed E-state index contributed by atoms with van der Waals surface area (Å²) < 4.78 is 10.7. The number of hydrogen-bond donors (Lipinski definition) is 1. The quantitative estimate of drug-likeness (QED) is 0.847. The molecule has 1 aromatic heterocycles. The Labute approximate surface area is 136 Å². The Balaban J connectivity index is 1.62. The lowest BCUT2D eigenvalue weighted by molar-refractivity contribution is 0.174. The van der Waals surface area contributed by atoms with Crippen LogP contribution in [0.1, 0.15) is 25.3 Å². The van der Waals surface area contributed by atoms with Crippen molar-refractivity contribution < 1.29 is 9.47 Å². The molecule has 0 saturated heterocycles. The van der Waals surface area contributed by atoms with Crippen LogP contribution in [0.5, 0.6) is 11.5 Å². The summed E-state index contributed by atoms with van der Waals surface area (Å²) >= 11 is 0. The Hall–Kier alpha value is -2.50. The molecule has 0 spiro atoms. The molecule has 6 nitrogen and oxygen atoms in total. The Kier molecular flexibility index (Phi) is 4.80. The molecule has 1 aliphatic heterocycles. The fourth-order valence-electron chi connectivity index (χ4n) is 2.39. The molecule has 0 radical (unpaired) electrons. The summed E-state index contributed by atoms with van der Waals surface area (Å²) in [7, 11) is 2.06. The van der Waals surface area contributed by atoms with E-state index in [0.29, 0.717) is 19.3 Å². The highest BCUT2D eigenvalue weighted by atomic mass is 16.7. The number of anilines is 2. The van der Waals surface area contributed by atoms with Crippen LogP contribution in [0.3, 0.4) is 0 Å². The Morgan fingerprint density at radius 2 is 2.09 bits per heavy atom. The molecule has 6 heteroatoms. The van der Waals surface area contributed by atoms with E-state index >= 15 is 0 Å². The van der Waals surface area contributed by atoms with Crippen LogP contribution in [0.2, 0.25) is 0 Å². The van der Waals surface area contributed by atoms with Gasteiger partial charge in [0.25, 0.3) is 0 Å². The van der Waals surface area contributed by atoms with Gasteiger partial charge in [-0.1, -0.05) is 19.4 Å². The van der Waals surface area contributed by atoms with E-state index in [2.05, 4.69) is 34.2 Å². The number of benzene rings is 1. The smallest absolute Gasteiger partial charge is 0.231 e. The number of aromatic nitrogens is 2. The number of ether oxygens (including phenoxy) is 2. The summed E-state index contributed by atoms with van der Waals surface area (Å²) in [6.45, 7) is 4.11. The first-order valence-corrected chi connectivity index (χ1v) is 7.93. The van der Waals surface area contributed by atoms with Crippen LogP contribution in [-0.4, -0.2) is 30.4 Å². The maximum Gasteiger partial charge on any atom is 0.231 e. The monoisotopic (exact) mass is 314 g/mol. The third-order valence-corrected chi connectivity index (χ3v) is 3.77. The summed E-state index contributed by atoms with van der Waals surface area (Å²) in [4.78, 5) is 11.0. The molecule has 0 saturated carbocycles. The lowest BCUT2D eigenvalue weighted by Crippen LogP contribution is -2.20. The molecule has 0 aliphatic carbocycles. The summed E-state index contributed by atoms with van der Waals surface area (Å²) in [6.07, 6.45) is 4.11. The second kappa shape index (κ2) is 7.17. The van der Waals surface area contributed by atoms with Gasteiger partial charge in [0.1, 0.15) is 5.82 Å². The van der Waals surface area contributed by atoms with E-state index in [1.165, 1.54) is 6.42 Å². The lowest BCUT2D eigenvalue weighted by atomic mass is 10.2. The van der Waals surface area contributed by atoms with Crippen LogP contribution in [0.25, 0.3) is 0 Å². The molecule has 0 unspecified atom stereocenters. The van der Waals surface area contributed by atoms with Gasteiger partial charge in [0.05, 0.1) is 0 Å². The zero-order valence-corrected chi connectivity index (χ0v) is 13.6. The van der Waals surface area contributed by atoms with Gasteiger partial charge in [-0.15, -0.1) is 0 Å². The summed E-state index contributed by atoms with van der Waals surface area (Å²) in [5, 5.41) is 3.26. The standard InChI is InChI=1S/C17H22N4O2/c1-3-4-9-21(2)16-7-8-18-17(20-16)19-11-13-5-6-14-15(10-13)23-12-22-14/h5-8,10H,3-4,9,11-12H2,1-2H3,(H,18,19,20). The number of fused-ring (bicyclic) bond motifs is 1. The molecule has 0 atom stereocenters. The van der Waals surface area contributed by atoms with Crippen LogP contribution < -0.4 is 19.7 Å². The first-order chi connectivity index (χ1) is 11.3. The number of rotatable bonds is 7. The molecule has 3 rings (SSSR count). The minimum absolute atomic E-state index is 0.293. The average Bonchev–Trinajstić information content (AvgIpc) is 3.06. The molecule has 2 heterocycles. The van der Waals surface area contributed by atoms with Gasteiger partial charge in [-0.3, -0.25) is 0 Å². The molecule has 0 bridgehead atoms. The highest BCUT2D eigenvalue weighted by Gasteiger charge is 2.13. The predicted molar refractivity (Wildman–Crippen MR) is 90.1 cm³/mol. The van der Waals surface area contributed by atoms with Crippen molar-refractivity contribution in [3.05, 3.63) is 36.0 Å².